The van der Waals surface area contributed by atoms with Crippen molar-refractivity contribution in [2.24, 2.45) is 0 Å². The van der Waals surface area contributed by atoms with E-state index in [0.29, 0.717) is 45.0 Å². The van der Waals surface area contributed by atoms with Crippen LogP contribution in [-0.2, 0) is 0 Å². The minimum atomic E-state index is -0.345. The molecular weight excluding hydrogens is 466 g/mol. The van der Waals surface area contributed by atoms with Gasteiger partial charge in [-0.25, -0.2) is 0 Å². The van der Waals surface area contributed by atoms with Crippen LogP contribution in [0.15, 0.2) is 60.7 Å². The van der Waals surface area contributed by atoms with Gasteiger partial charge in [0, 0.05) is 23.5 Å². The molecule has 3 N–H and O–H groups in total. The highest BCUT2D eigenvalue weighted by Crippen LogP contribution is 2.40. The molecule has 0 aliphatic heterocycles. The van der Waals surface area contributed by atoms with Gasteiger partial charge in [0.05, 0.1) is 31.9 Å². The first-order valence-corrected chi connectivity index (χ1v) is 10.4. The van der Waals surface area contributed by atoms with Crippen molar-refractivity contribution in [3.8, 4) is 23.0 Å². The second-order valence-electron chi connectivity index (χ2n) is 6.53. The molecule has 10 heteroatoms. The van der Waals surface area contributed by atoms with Crippen LogP contribution in [0.3, 0.4) is 0 Å². The van der Waals surface area contributed by atoms with Crippen molar-refractivity contribution in [3.05, 3.63) is 71.2 Å². The number of anilines is 2. The van der Waals surface area contributed by atoms with E-state index < -0.39 is 0 Å². The summed E-state index contributed by atoms with van der Waals surface area (Å²) in [7, 11) is 4.53. The van der Waals surface area contributed by atoms with Crippen molar-refractivity contribution in [2.75, 3.05) is 32.0 Å². The normalized spacial score (nSPS) is 10.1. The summed E-state index contributed by atoms with van der Waals surface area (Å²) in [6.45, 7) is 0. The molecule has 0 fully saturated rings. The highest BCUT2D eigenvalue weighted by molar-refractivity contribution is 7.80. The first kappa shape index (κ1) is 24.0. The van der Waals surface area contributed by atoms with Gasteiger partial charge < -0.3 is 29.7 Å². The lowest BCUT2D eigenvalue weighted by Crippen LogP contribution is -2.31. The molecule has 0 radical (unpaired) electrons. The zero-order valence-corrected chi connectivity index (χ0v) is 19.7. The maximum atomic E-state index is 12.6. The molecule has 0 spiro atoms. The molecule has 0 aliphatic carbocycles. The minimum absolute atomic E-state index is 0.153. The van der Waals surface area contributed by atoms with E-state index in [-0.39, 0.29) is 11.0 Å². The first-order valence-electron chi connectivity index (χ1n) is 9.65. The average Bonchev–Trinajstić information content (AvgIpc) is 2.83. The largest absolute Gasteiger partial charge is 0.493 e. The minimum Gasteiger partial charge on any atom is -0.493 e. The number of hydrogen-bond donors (Lipinski definition) is 3. The van der Waals surface area contributed by atoms with Gasteiger partial charge in [-0.2, -0.15) is 5.48 Å². The second kappa shape index (κ2) is 11.3. The van der Waals surface area contributed by atoms with E-state index in [1.54, 1.807) is 42.5 Å². The molecular formula is C23H22ClN3O5S. The number of amides is 1. The van der Waals surface area contributed by atoms with Crippen LogP contribution in [-0.4, -0.2) is 32.3 Å². The number of hydrogen-bond acceptors (Lipinski definition) is 6. The number of carbonyl (C=O) groups is 1. The van der Waals surface area contributed by atoms with Gasteiger partial charge in [0.15, 0.2) is 17.2 Å². The summed E-state index contributed by atoms with van der Waals surface area (Å²) >= 11 is 11.5. The topological polar surface area (TPSA) is 90.1 Å². The van der Waals surface area contributed by atoms with Crippen molar-refractivity contribution in [3.63, 3.8) is 0 Å². The third-order valence-corrected chi connectivity index (χ3v) is 4.92. The number of nitrogens with one attached hydrogen (secondary N) is 3. The molecule has 172 valence electrons. The van der Waals surface area contributed by atoms with E-state index in [1.807, 2.05) is 18.2 Å². The Morgan fingerprint density at radius 1 is 0.848 bits per heavy atom. The molecule has 3 aromatic carbocycles. The summed E-state index contributed by atoms with van der Waals surface area (Å²) in [5.41, 5.74) is 4.12. The monoisotopic (exact) mass is 487 g/mol. The van der Waals surface area contributed by atoms with Crippen molar-refractivity contribution >= 4 is 46.2 Å². The average molecular weight is 488 g/mol. The van der Waals surface area contributed by atoms with Crippen molar-refractivity contribution in [2.45, 2.75) is 0 Å². The Kier molecular flexibility index (Phi) is 8.17. The van der Waals surface area contributed by atoms with Crippen LogP contribution in [0.1, 0.15) is 10.4 Å². The highest BCUT2D eigenvalue weighted by Gasteiger charge is 2.15. The fourth-order valence-corrected chi connectivity index (χ4v) is 3.24. The summed E-state index contributed by atoms with van der Waals surface area (Å²) in [6, 6.07) is 17.2. The molecule has 0 unspecified atom stereocenters. The smallest absolute Gasteiger partial charge is 0.257 e. The van der Waals surface area contributed by atoms with Crippen molar-refractivity contribution < 1.29 is 23.8 Å². The second-order valence-corrected chi connectivity index (χ2v) is 7.35. The van der Waals surface area contributed by atoms with E-state index >= 15 is 0 Å². The summed E-state index contributed by atoms with van der Waals surface area (Å²) in [4.78, 5) is 18.2. The fourth-order valence-electron chi connectivity index (χ4n) is 2.87. The van der Waals surface area contributed by atoms with Gasteiger partial charge in [-0.1, -0.05) is 29.8 Å². The molecule has 3 rings (SSSR count). The molecule has 0 heterocycles. The van der Waals surface area contributed by atoms with Gasteiger partial charge in [-0.3, -0.25) is 4.79 Å². The molecule has 0 aliphatic rings. The standard InChI is InChI=1S/C23H22ClN3O5S/c1-29-19-12-16(13-20(30-2)21(19)31-3)32-27-23(33)26-15-9-10-18(24)17(11-15)22(28)25-14-7-5-4-6-8-14/h4-13H,1-3H3,(H,25,28)(H2,26,27,33). The number of methoxy groups -OCH3 is 3. The number of para-hydroxylation sites is 1. The number of rotatable bonds is 8. The first-order chi connectivity index (χ1) is 15.9. The number of thiocarbonyl (C=S) groups is 1. The lowest BCUT2D eigenvalue weighted by Gasteiger charge is -2.16. The Bertz CT molecular complexity index is 1120. The molecule has 1 amide bonds. The van der Waals surface area contributed by atoms with Crippen LogP contribution in [0, 0.1) is 0 Å². The quantitative estimate of drug-likeness (QED) is 0.305. The summed E-state index contributed by atoms with van der Waals surface area (Å²) < 4.78 is 15.9. The van der Waals surface area contributed by atoms with Gasteiger partial charge in [-0.15, -0.1) is 0 Å². The number of hydroxylamine groups is 1. The Balaban J connectivity index is 1.66. The number of ether oxygens (including phenoxy) is 3. The van der Waals surface area contributed by atoms with Crippen molar-refractivity contribution in [1.29, 1.82) is 0 Å². The third kappa shape index (κ3) is 6.18. The third-order valence-electron chi connectivity index (χ3n) is 4.40. The Morgan fingerprint density at radius 3 is 2.12 bits per heavy atom. The molecule has 0 bridgehead atoms. The molecule has 0 saturated heterocycles. The molecule has 0 saturated carbocycles. The lowest BCUT2D eigenvalue weighted by atomic mass is 10.1. The van der Waals surface area contributed by atoms with Gasteiger partial charge in [0.1, 0.15) is 0 Å². The zero-order chi connectivity index (χ0) is 23.8. The van der Waals surface area contributed by atoms with Gasteiger partial charge >= 0.3 is 0 Å². The Labute approximate surface area is 201 Å². The fraction of sp³-hybridized carbons (Fsp3) is 0.130. The number of halogens is 1. The summed E-state index contributed by atoms with van der Waals surface area (Å²) in [6.07, 6.45) is 0. The van der Waals surface area contributed by atoms with Crippen LogP contribution in [0.2, 0.25) is 5.02 Å². The molecule has 3 aromatic rings. The van der Waals surface area contributed by atoms with Crippen LogP contribution >= 0.6 is 23.8 Å². The van der Waals surface area contributed by atoms with E-state index in [4.69, 9.17) is 42.9 Å². The predicted molar refractivity (Wildman–Crippen MR) is 132 cm³/mol. The summed E-state index contributed by atoms with van der Waals surface area (Å²) in [5, 5.41) is 6.21. The lowest BCUT2D eigenvalue weighted by molar-refractivity contribution is 0.102. The molecule has 0 atom stereocenters. The Morgan fingerprint density at radius 2 is 1.52 bits per heavy atom. The van der Waals surface area contributed by atoms with Gasteiger partial charge in [0.25, 0.3) is 5.91 Å². The zero-order valence-electron chi connectivity index (χ0n) is 18.1. The maximum absolute atomic E-state index is 12.6. The van der Waals surface area contributed by atoms with E-state index in [9.17, 15) is 4.79 Å². The van der Waals surface area contributed by atoms with Crippen LogP contribution in [0.25, 0.3) is 0 Å². The molecule has 33 heavy (non-hydrogen) atoms. The van der Waals surface area contributed by atoms with E-state index in [2.05, 4.69) is 16.1 Å². The maximum Gasteiger partial charge on any atom is 0.257 e. The Hall–Kier alpha value is -3.69. The van der Waals surface area contributed by atoms with Gasteiger partial charge in [-0.05, 0) is 42.5 Å². The van der Waals surface area contributed by atoms with E-state index in [1.165, 1.54) is 21.3 Å². The SMILES string of the molecule is COc1cc(ONC(=S)Nc2ccc(Cl)c(C(=O)Nc3ccccc3)c2)cc(OC)c1OC. The van der Waals surface area contributed by atoms with E-state index in [0.717, 1.165) is 0 Å². The van der Waals surface area contributed by atoms with Crippen LogP contribution < -0.4 is 35.2 Å². The van der Waals surface area contributed by atoms with Crippen LogP contribution in [0.5, 0.6) is 23.0 Å². The molecule has 8 nitrogen and oxygen atoms in total. The number of benzene rings is 3. The molecule has 0 aromatic heterocycles. The van der Waals surface area contributed by atoms with Crippen LogP contribution in [0.4, 0.5) is 11.4 Å². The summed E-state index contributed by atoms with van der Waals surface area (Å²) in [5.74, 6) is 1.34. The van der Waals surface area contributed by atoms with Gasteiger partial charge in [0.2, 0.25) is 10.9 Å². The number of carbonyl (C=O) groups excluding carboxylic acids is 1. The highest BCUT2D eigenvalue weighted by atomic mass is 35.5. The predicted octanol–water partition coefficient (Wildman–Crippen LogP) is 4.90. The van der Waals surface area contributed by atoms with Crippen molar-refractivity contribution in [1.82, 2.24) is 5.48 Å².